The number of rotatable bonds is 5. The van der Waals surface area contributed by atoms with Crippen LogP contribution in [0.3, 0.4) is 0 Å². The van der Waals surface area contributed by atoms with Crippen LogP contribution >= 0.6 is 11.6 Å². The molecule has 1 aliphatic heterocycles. The summed E-state index contributed by atoms with van der Waals surface area (Å²) in [5, 5.41) is 0.775. The maximum absolute atomic E-state index is 6.28. The summed E-state index contributed by atoms with van der Waals surface area (Å²) in [5.74, 6) is 0. The van der Waals surface area contributed by atoms with Gasteiger partial charge in [-0.25, -0.2) is 0 Å². The Bertz CT molecular complexity index is 394. The Morgan fingerprint density at radius 2 is 2.26 bits per heavy atom. The molecule has 1 saturated heterocycles. The van der Waals surface area contributed by atoms with Gasteiger partial charge in [0.05, 0.1) is 0 Å². The highest BCUT2D eigenvalue weighted by molar-refractivity contribution is 6.30. The molecule has 0 saturated carbocycles. The number of nitrogens with zero attached hydrogens (tertiary/aromatic N) is 1. The average molecular weight is 281 g/mol. The molecule has 2 rings (SSSR count). The maximum Gasteiger partial charge on any atom is 0.0409 e. The number of halogens is 1. The van der Waals surface area contributed by atoms with E-state index in [1.165, 1.54) is 32.2 Å². The lowest BCUT2D eigenvalue weighted by Crippen LogP contribution is -2.40. The summed E-state index contributed by atoms with van der Waals surface area (Å²) in [6.07, 6.45) is 6.34. The molecular weight excluding hydrogens is 256 g/mol. The molecule has 0 radical (unpaired) electrons. The van der Waals surface area contributed by atoms with Gasteiger partial charge in [-0.15, -0.1) is 0 Å². The molecule has 1 aromatic carbocycles. The van der Waals surface area contributed by atoms with Crippen molar-refractivity contribution in [2.45, 2.75) is 51.1 Å². The van der Waals surface area contributed by atoms with E-state index in [2.05, 4.69) is 17.9 Å². The lowest BCUT2D eigenvalue weighted by Gasteiger charge is -2.35. The Morgan fingerprint density at radius 1 is 1.42 bits per heavy atom. The Kier molecular flexibility index (Phi) is 5.68. The molecule has 3 heteroatoms. The van der Waals surface area contributed by atoms with Gasteiger partial charge in [-0.3, -0.25) is 0 Å². The van der Waals surface area contributed by atoms with E-state index in [1.807, 2.05) is 18.2 Å². The molecule has 1 aromatic rings. The normalized spacial score (nSPS) is 22.4. The van der Waals surface area contributed by atoms with Gasteiger partial charge in [0.1, 0.15) is 0 Å². The van der Waals surface area contributed by atoms with Crippen molar-refractivity contribution in [2.24, 2.45) is 5.73 Å². The second kappa shape index (κ2) is 7.28. The fraction of sp³-hybridized carbons (Fsp3) is 0.625. The Labute approximate surface area is 121 Å². The first-order chi connectivity index (χ1) is 9.20. The third-order valence-electron chi connectivity index (χ3n) is 4.22. The van der Waals surface area contributed by atoms with Gasteiger partial charge in [0, 0.05) is 23.7 Å². The van der Waals surface area contributed by atoms with Gasteiger partial charge in [0.25, 0.3) is 0 Å². The summed E-state index contributed by atoms with van der Waals surface area (Å²) in [4.78, 5) is 2.62. The second-order valence-corrected chi connectivity index (χ2v) is 5.98. The smallest absolute Gasteiger partial charge is 0.0409 e. The highest BCUT2D eigenvalue weighted by Crippen LogP contribution is 2.23. The molecular formula is C16H25ClN2. The van der Waals surface area contributed by atoms with Crippen molar-refractivity contribution in [3.8, 4) is 0 Å². The molecule has 19 heavy (non-hydrogen) atoms. The highest BCUT2D eigenvalue weighted by atomic mass is 35.5. The topological polar surface area (TPSA) is 29.3 Å². The Balaban J connectivity index is 1.87. The molecule has 2 atom stereocenters. The number of likely N-dealkylation sites (tertiary alicyclic amines) is 1. The second-order valence-electron chi connectivity index (χ2n) is 5.54. The van der Waals surface area contributed by atoms with Gasteiger partial charge in [0.15, 0.2) is 0 Å². The molecule has 106 valence electrons. The molecule has 1 aliphatic rings. The third-order valence-corrected chi connectivity index (χ3v) is 4.46. The molecule has 1 fully saturated rings. The van der Waals surface area contributed by atoms with Gasteiger partial charge >= 0.3 is 0 Å². The predicted molar refractivity (Wildman–Crippen MR) is 82.5 cm³/mol. The summed E-state index contributed by atoms with van der Waals surface area (Å²) in [5.41, 5.74) is 7.43. The van der Waals surface area contributed by atoms with Crippen molar-refractivity contribution in [1.29, 1.82) is 0 Å². The van der Waals surface area contributed by atoms with E-state index in [1.54, 1.807) is 0 Å². The van der Waals surface area contributed by atoms with E-state index >= 15 is 0 Å². The Hall–Kier alpha value is -0.570. The van der Waals surface area contributed by atoms with Crippen LogP contribution in [0, 0.1) is 0 Å². The zero-order valence-corrected chi connectivity index (χ0v) is 12.6. The van der Waals surface area contributed by atoms with Gasteiger partial charge in [-0.05, 0) is 49.9 Å². The Morgan fingerprint density at radius 3 is 3.00 bits per heavy atom. The molecule has 0 spiro atoms. The summed E-state index contributed by atoms with van der Waals surface area (Å²) in [6, 6.07) is 8.80. The number of benzene rings is 1. The van der Waals surface area contributed by atoms with E-state index in [9.17, 15) is 0 Å². The van der Waals surface area contributed by atoms with E-state index in [-0.39, 0.29) is 6.04 Å². The van der Waals surface area contributed by atoms with E-state index in [4.69, 9.17) is 17.3 Å². The number of nitrogens with two attached hydrogens (primary N) is 1. The van der Waals surface area contributed by atoms with Crippen molar-refractivity contribution in [1.82, 2.24) is 4.90 Å². The van der Waals surface area contributed by atoms with Gasteiger partial charge < -0.3 is 10.6 Å². The molecule has 0 bridgehead atoms. The zero-order chi connectivity index (χ0) is 13.7. The van der Waals surface area contributed by atoms with Crippen LogP contribution in [0.15, 0.2) is 24.3 Å². The molecule has 0 aromatic heterocycles. The van der Waals surface area contributed by atoms with Crippen molar-refractivity contribution in [3.05, 3.63) is 34.9 Å². The molecule has 2 unspecified atom stereocenters. The van der Waals surface area contributed by atoms with Crippen molar-refractivity contribution >= 4 is 11.6 Å². The summed E-state index contributed by atoms with van der Waals surface area (Å²) >= 11 is 6.02. The number of piperidine rings is 1. The van der Waals surface area contributed by atoms with Crippen LogP contribution in [-0.2, 0) is 0 Å². The first-order valence-electron chi connectivity index (χ1n) is 7.45. The fourth-order valence-corrected chi connectivity index (χ4v) is 3.22. The van der Waals surface area contributed by atoms with Crippen LogP contribution in [-0.4, -0.2) is 24.0 Å². The summed E-state index contributed by atoms with van der Waals surface area (Å²) < 4.78 is 0. The van der Waals surface area contributed by atoms with Crippen LogP contribution in [0.4, 0.5) is 0 Å². The monoisotopic (exact) mass is 280 g/mol. The molecule has 1 heterocycles. The van der Waals surface area contributed by atoms with Crippen molar-refractivity contribution in [3.63, 3.8) is 0 Å². The maximum atomic E-state index is 6.28. The highest BCUT2D eigenvalue weighted by Gasteiger charge is 2.21. The van der Waals surface area contributed by atoms with Gasteiger partial charge in [0.2, 0.25) is 0 Å². The molecule has 2 N–H and O–H groups in total. The minimum atomic E-state index is 0.0955. The van der Waals surface area contributed by atoms with E-state index in [0.29, 0.717) is 0 Å². The van der Waals surface area contributed by atoms with E-state index in [0.717, 1.165) is 29.6 Å². The van der Waals surface area contributed by atoms with Gasteiger partial charge in [-0.2, -0.15) is 0 Å². The standard InChI is InChI=1S/C16H25ClN2/c1-2-15-8-3-4-10-19(15)11-9-16(18)13-6-5-7-14(17)12-13/h5-7,12,15-16H,2-4,8-11,18H2,1H3. The van der Waals surface area contributed by atoms with Crippen molar-refractivity contribution in [2.75, 3.05) is 13.1 Å². The SMILES string of the molecule is CCC1CCCCN1CCC(N)c1cccc(Cl)c1. The minimum absolute atomic E-state index is 0.0955. The zero-order valence-electron chi connectivity index (χ0n) is 11.8. The van der Waals surface area contributed by atoms with Gasteiger partial charge in [-0.1, -0.05) is 37.1 Å². The lowest BCUT2D eigenvalue weighted by atomic mass is 9.98. The van der Waals surface area contributed by atoms with Crippen LogP contribution in [0.2, 0.25) is 5.02 Å². The van der Waals surface area contributed by atoms with E-state index < -0.39 is 0 Å². The molecule has 2 nitrogen and oxygen atoms in total. The van der Waals surface area contributed by atoms with Crippen LogP contribution in [0.25, 0.3) is 0 Å². The average Bonchev–Trinajstić information content (AvgIpc) is 2.45. The first-order valence-corrected chi connectivity index (χ1v) is 7.83. The fourth-order valence-electron chi connectivity index (χ4n) is 3.03. The van der Waals surface area contributed by atoms with Crippen LogP contribution in [0.5, 0.6) is 0 Å². The molecule has 0 amide bonds. The van der Waals surface area contributed by atoms with Crippen LogP contribution in [0.1, 0.15) is 50.6 Å². The summed E-state index contributed by atoms with van der Waals surface area (Å²) in [6.45, 7) is 4.63. The summed E-state index contributed by atoms with van der Waals surface area (Å²) in [7, 11) is 0. The molecule has 0 aliphatic carbocycles. The third kappa shape index (κ3) is 4.20. The van der Waals surface area contributed by atoms with Crippen LogP contribution < -0.4 is 5.73 Å². The minimum Gasteiger partial charge on any atom is -0.324 e. The first kappa shape index (κ1) is 14.8. The largest absolute Gasteiger partial charge is 0.324 e. The lowest BCUT2D eigenvalue weighted by molar-refractivity contribution is 0.139. The quantitative estimate of drug-likeness (QED) is 0.883. The van der Waals surface area contributed by atoms with Crippen molar-refractivity contribution < 1.29 is 0 Å². The predicted octanol–water partition coefficient (Wildman–Crippen LogP) is 3.99. The number of hydrogen-bond acceptors (Lipinski definition) is 2. The number of hydrogen-bond donors (Lipinski definition) is 1.